The molecule has 134 valence electrons. The lowest BCUT2D eigenvalue weighted by molar-refractivity contribution is 0.0727. The molecule has 0 amide bonds. The number of nitrogens with zero attached hydrogens (tertiary/aromatic N) is 2. The first-order chi connectivity index (χ1) is 12.5. The van der Waals surface area contributed by atoms with Crippen molar-refractivity contribution in [2.45, 2.75) is 4.90 Å². The summed E-state index contributed by atoms with van der Waals surface area (Å²) < 4.78 is 37.1. The number of hydrogen-bond acceptors (Lipinski definition) is 6. The first-order valence-electron chi connectivity index (χ1n) is 7.91. The van der Waals surface area contributed by atoms with Gasteiger partial charge in [-0.25, -0.2) is 13.2 Å². The van der Waals surface area contributed by atoms with Crippen LogP contribution in [0.5, 0.6) is 5.75 Å². The molecule has 0 unspecified atom stereocenters. The van der Waals surface area contributed by atoms with Crippen molar-refractivity contribution in [2.75, 3.05) is 26.3 Å². The summed E-state index contributed by atoms with van der Waals surface area (Å²) in [5.41, 5.74) is 0.576. The molecule has 3 rings (SSSR count). The highest BCUT2D eigenvalue weighted by Crippen LogP contribution is 2.20. The third-order valence-electron chi connectivity index (χ3n) is 3.87. The van der Waals surface area contributed by atoms with Crippen LogP contribution in [0.25, 0.3) is 0 Å². The van der Waals surface area contributed by atoms with Gasteiger partial charge in [-0.05, 0) is 42.5 Å². The number of morpholine rings is 1. The predicted octanol–water partition coefficient (Wildman–Crippen LogP) is 1.80. The summed E-state index contributed by atoms with van der Waals surface area (Å²) in [5.74, 6) is -0.399. The zero-order valence-corrected chi connectivity index (χ0v) is 14.6. The summed E-state index contributed by atoms with van der Waals surface area (Å²) in [5, 5.41) is 8.78. The number of carbonyl (C=O) groups excluding carboxylic acids is 1. The molecule has 0 N–H and O–H groups in total. The highest BCUT2D eigenvalue weighted by atomic mass is 32.2. The minimum atomic E-state index is -3.69. The van der Waals surface area contributed by atoms with Crippen molar-refractivity contribution in [2.24, 2.45) is 0 Å². The van der Waals surface area contributed by atoms with Crippen LogP contribution >= 0.6 is 0 Å². The maximum atomic E-state index is 12.7. The second kappa shape index (κ2) is 7.66. The molecule has 2 aromatic rings. The number of rotatable bonds is 4. The van der Waals surface area contributed by atoms with Crippen molar-refractivity contribution in [3.05, 3.63) is 59.7 Å². The Bertz CT molecular complexity index is 942. The van der Waals surface area contributed by atoms with Crippen LogP contribution < -0.4 is 4.74 Å². The van der Waals surface area contributed by atoms with Gasteiger partial charge in [0.05, 0.1) is 35.3 Å². The molecule has 0 spiro atoms. The Hall–Kier alpha value is -2.73. The van der Waals surface area contributed by atoms with E-state index in [1.165, 1.54) is 52.8 Å². The highest BCUT2D eigenvalue weighted by Gasteiger charge is 2.27. The van der Waals surface area contributed by atoms with Gasteiger partial charge in [0.2, 0.25) is 10.0 Å². The van der Waals surface area contributed by atoms with E-state index in [2.05, 4.69) is 0 Å². The lowest BCUT2D eigenvalue weighted by Crippen LogP contribution is -2.40. The topological polar surface area (TPSA) is 96.7 Å². The molecule has 2 aromatic carbocycles. The molecule has 0 radical (unpaired) electrons. The Kier molecular flexibility index (Phi) is 5.32. The van der Waals surface area contributed by atoms with E-state index >= 15 is 0 Å². The molecule has 0 aromatic heterocycles. The molecule has 7 nitrogen and oxygen atoms in total. The smallest absolute Gasteiger partial charge is 0.343 e. The largest absolute Gasteiger partial charge is 0.423 e. The first-order valence-corrected chi connectivity index (χ1v) is 9.35. The zero-order valence-electron chi connectivity index (χ0n) is 13.8. The number of hydrogen-bond donors (Lipinski definition) is 0. The van der Waals surface area contributed by atoms with Gasteiger partial charge in [0.25, 0.3) is 0 Å². The maximum Gasteiger partial charge on any atom is 0.343 e. The average molecular weight is 372 g/mol. The molecule has 0 aliphatic carbocycles. The van der Waals surface area contributed by atoms with Crippen molar-refractivity contribution in [3.63, 3.8) is 0 Å². The Morgan fingerprint density at radius 1 is 1.12 bits per heavy atom. The van der Waals surface area contributed by atoms with Crippen LogP contribution in [0.2, 0.25) is 0 Å². The number of esters is 1. The minimum absolute atomic E-state index is 0.0358. The highest BCUT2D eigenvalue weighted by molar-refractivity contribution is 7.89. The summed E-state index contributed by atoms with van der Waals surface area (Å²) in [6.45, 7) is 1.25. The molecule has 1 fully saturated rings. The first kappa shape index (κ1) is 18.1. The van der Waals surface area contributed by atoms with Crippen molar-refractivity contribution in [3.8, 4) is 11.8 Å². The Morgan fingerprint density at radius 2 is 1.81 bits per heavy atom. The van der Waals surface area contributed by atoms with Crippen LogP contribution in [0.4, 0.5) is 0 Å². The number of ether oxygens (including phenoxy) is 2. The summed E-state index contributed by atoms with van der Waals surface area (Å²) in [6.07, 6.45) is 0. The molecule has 1 heterocycles. The van der Waals surface area contributed by atoms with Crippen molar-refractivity contribution < 1.29 is 22.7 Å². The quantitative estimate of drug-likeness (QED) is 0.600. The normalized spacial score (nSPS) is 15.2. The van der Waals surface area contributed by atoms with Crippen LogP contribution in [-0.4, -0.2) is 45.0 Å². The molecule has 1 aliphatic heterocycles. The average Bonchev–Trinajstić information content (AvgIpc) is 2.69. The standard InChI is InChI=1S/C18H16N2O5S/c19-13-14-4-6-16(7-5-14)25-18(21)15-2-1-3-17(12-15)26(22,23)20-8-10-24-11-9-20/h1-7,12H,8-11H2. The zero-order chi connectivity index (χ0) is 18.6. The van der Waals surface area contributed by atoms with Crippen LogP contribution in [0.3, 0.4) is 0 Å². The van der Waals surface area contributed by atoms with Gasteiger partial charge in [-0.3, -0.25) is 0 Å². The lowest BCUT2D eigenvalue weighted by atomic mass is 10.2. The second-order valence-electron chi connectivity index (χ2n) is 5.57. The molecular formula is C18H16N2O5S. The number of sulfonamides is 1. The van der Waals surface area contributed by atoms with Crippen LogP contribution in [0.15, 0.2) is 53.4 Å². The van der Waals surface area contributed by atoms with E-state index in [4.69, 9.17) is 14.7 Å². The summed E-state index contributed by atoms with van der Waals surface area (Å²) in [7, 11) is -3.69. The minimum Gasteiger partial charge on any atom is -0.423 e. The van der Waals surface area contributed by atoms with Crippen molar-refractivity contribution in [1.29, 1.82) is 5.26 Å². The lowest BCUT2D eigenvalue weighted by Gasteiger charge is -2.26. The van der Waals surface area contributed by atoms with E-state index in [-0.39, 0.29) is 29.3 Å². The van der Waals surface area contributed by atoms with Gasteiger partial charge in [0.15, 0.2) is 0 Å². The maximum absolute atomic E-state index is 12.7. The van der Waals surface area contributed by atoms with Crippen LogP contribution in [-0.2, 0) is 14.8 Å². The Morgan fingerprint density at radius 3 is 2.46 bits per heavy atom. The van der Waals surface area contributed by atoms with E-state index in [1.807, 2.05) is 6.07 Å². The van der Waals surface area contributed by atoms with Gasteiger partial charge in [-0.1, -0.05) is 6.07 Å². The molecule has 1 aliphatic rings. The third kappa shape index (κ3) is 3.91. The van der Waals surface area contributed by atoms with Gasteiger partial charge in [0, 0.05) is 13.1 Å². The molecule has 0 atom stereocenters. The SMILES string of the molecule is N#Cc1ccc(OC(=O)c2cccc(S(=O)(=O)N3CCOCC3)c2)cc1. The number of benzene rings is 2. The molecule has 0 bridgehead atoms. The van der Waals surface area contributed by atoms with E-state index in [0.29, 0.717) is 18.8 Å². The Balaban J connectivity index is 1.79. The van der Waals surface area contributed by atoms with E-state index in [1.54, 1.807) is 0 Å². The van der Waals surface area contributed by atoms with Gasteiger partial charge >= 0.3 is 5.97 Å². The molecular weight excluding hydrogens is 356 g/mol. The number of carbonyl (C=O) groups is 1. The van der Waals surface area contributed by atoms with Gasteiger partial charge < -0.3 is 9.47 Å². The van der Waals surface area contributed by atoms with Crippen LogP contribution in [0.1, 0.15) is 15.9 Å². The predicted molar refractivity (Wildman–Crippen MR) is 92.1 cm³/mol. The fourth-order valence-corrected chi connectivity index (χ4v) is 3.94. The van der Waals surface area contributed by atoms with Crippen molar-refractivity contribution in [1.82, 2.24) is 4.31 Å². The molecule has 1 saturated heterocycles. The Labute approximate surface area is 151 Å². The fraction of sp³-hybridized carbons (Fsp3) is 0.222. The number of nitriles is 1. The van der Waals surface area contributed by atoms with E-state index in [9.17, 15) is 13.2 Å². The summed E-state index contributed by atoms with van der Waals surface area (Å²) >= 11 is 0. The van der Waals surface area contributed by atoms with E-state index in [0.717, 1.165) is 0 Å². The monoisotopic (exact) mass is 372 g/mol. The van der Waals surface area contributed by atoms with Gasteiger partial charge in [-0.15, -0.1) is 0 Å². The van der Waals surface area contributed by atoms with Crippen LogP contribution in [0, 0.1) is 11.3 Å². The van der Waals surface area contributed by atoms with Crippen molar-refractivity contribution >= 4 is 16.0 Å². The van der Waals surface area contributed by atoms with Gasteiger partial charge in [-0.2, -0.15) is 9.57 Å². The van der Waals surface area contributed by atoms with Gasteiger partial charge in [0.1, 0.15) is 5.75 Å². The molecule has 26 heavy (non-hydrogen) atoms. The second-order valence-corrected chi connectivity index (χ2v) is 7.51. The molecule has 0 saturated carbocycles. The third-order valence-corrected chi connectivity index (χ3v) is 5.77. The summed E-state index contributed by atoms with van der Waals surface area (Å²) in [6, 6.07) is 13.8. The fourth-order valence-electron chi connectivity index (χ4n) is 2.48. The van der Waals surface area contributed by atoms with E-state index < -0.39 is 16.0 Å². The summed E-state index contributed by atoms with van der Waals surface area (Å²) in [4.78, 5) is 12.3. The molecule has 8 heteroatoms.